The molecule has 0 spiro atoms. The number of benzene rings is 2. The first-order valence-corrected chi connectivity index (χ1v) is 6.26. The molecule has 0 radical (unpaired) electrons. The van der Waals surface area contributed by atoms with Crippen molar-refractivity contribution < 1.29 is 23.1 Å². The number of hydrogen-bond acceptors (Lipinski definition) is 3. The fourth-order valence-electron chi connectivity index (χ4n) is 1.53. The maximum Gasteiger partial charge on any atom is 0.296 e. The molecule has 0 bridgehead atoms. The Labute approximate surface area is 95.9 Å². The van der Waals surface area contributed by atoms with Gasteiger partial charge in [-0.3, -0.25) is 0 Å². The molecule has 90 valence electrons. The van der Waals surface area contributed by atoms with Crippen molar-refractivity contribution in [2.75, 3.05) is 0 Å². The second kappa shape index (κ2) is 3.88. The summed E-state index contributed by atoms with van der Waals surface area (Å²) in [5, 5.41) is 1.15. The minimum Gasteiger partial charge on any atom is -0.806 e. The van der Waals surface area contributed by atoms with E-state index in [0.717, 1.165) is 12.1 Å². The van der Waals surface area contributed by atoms with E-state index in [1.807, 2.05) is 0 Å². The molecule has 0 atom stereocenters. The lowest BCUT2D eigenvalue weighted by Gasteiger charge is -2.37. The van der Waals surface area contributed by atoms with E-state index in [0.29, 0.717) is 10.8 Å². The van der Waals surface area contributed by atoms with Gasteiger partial charge in [0.15, 0.2) is 0 Å². The average Bonchev–Trinajstić information content (AvgIpc) is 2.27. The number of hydrogen-bond donors (Lipinski definition) is 0. The van der Waals surface area contributed by atoms with Gasteiger partial charge in [0.2, 0.25) is 0 Å². The maximum atomic E-state index is 13.3. The zero-order valence-electron chi connectivity index (χ0n) is 8.47. The number of halogens is 2. The van der Waals surface area contributed by atoms with Crippen LogP contribution in [0.2, 0.25) is 0 Å². The summed E-state index contributed by atoms with van der Waals surface area (Å²) < 4.78 is 37.1. The third kappa shape index (κ3) is 2.09. The highest BCUT2D eigenvalue weighted by Crippen LogP contribution is 2.53. The van der Waals surface area contributed by atoms with E-state index in [-0.39, 0.29) is 0 Å². The van der Waals surface area contributed by atoms with Gasteiger partial charge in [0.25, 0.3) is 5.66 Å². The molecule has 0 aliphatic rings. The van der Waals surface area contributed by atoms with Crippen molar-refractivity contribution >= 4 is 18.4 Å². The van der Waals surface area contributed by atoms with Crippen LogP contribution in [0.3, 0.4) is 0 Å². The van der Waals surface area contributed by atoms with Gasteiger partial charge in [-0.1, -0.05) is 36.4 Å². The molecule has 0 amide bonds. The molecule has 3 nitrogen and oxygen atoms in total. The molecular formula is C11H7F2O3P-2. The van der Waals surface area contributed by atoms with Crippen LogP contribution in [-0.4, -0.2) is 0 Å². The number of alkyl halides is 2. The van der Waals surface area contributed by atoms with Gasteiger partial charge in [-0.15, -0.1) is 0 Å². The molecule has 0 saturated heterocycles. The summed E-state index contributed by atoms with van der Waals surface area (Å²) in [7, 11) is -6.00. The minimum atomic E-state index is -6.00. The predicted molar refractivity (Wildman–Crippen MR) is 55.4 cm³/mol. The van der Waals surface area contributed by atoms with E-state index in [9.17, 15) is 23.1 Å². The highest BCUT2D eigenvalue weighted by Gasteiger charge is 2.35. The third-order valence-electron chi connectivity index (χ3n) is 2.44. The molecule has 17 heavy (non-hydrogen) atoms. The second-order valence-electron chi connectivity index (χ2n) is 3.60. The second-order valence-corrected chi connectivity index (χ2v) is 5.16. The van der Waals surface area contributed by atoms with E-state index in [2.05, 4.69) is 0 Å². The summed E-state index contributed by atoms with van der Waals surface area (Å²) in [4.78, 5) is 21.0. The van der Waals surface area contributed by atoms with Gasteiger partial charge in [-0.2, -0.15) is 8.78 Å². The van der Waals surface area contributed by atoms with Crippen molar-refractivity contribution in [1.82, 2.24) is 0 Å². The SMILES string of the molecule is O=P([O-])([O-])C(F)(F)c1ccc2ccccc2c1. The van der Waals surface area contributed by atoms with Crippen LogP contribution in [0.1, 0.15) is 5.56 Å². The Morgan fingerprint density at radius 2 is 1.59 bits per heavy atom. The van der Waals surface area contributed by atoms with Crippen LogP contribution in [0.5, 0.6) is 0 Å². The van der Waals surface area contributed by atoms with Crippen LogP contribution in [0, 0.1) is 0 Å². The maximum absolute atomic E-state index is 13.3. The lowest BCUT2D eigenvalue weighted by Crippen LogP contribution is -2.29. The van der Waals surface area contributed by atoms with Gasteiger partial charge >= 0.3 is 0 Å². The molecule has 0 aliphatic heterocycles. The van der Waals surface area contributed by atoms with E-state index < -0.39 is 18.8 Å². The van der Waals surface area contributed by atoms with Gasteiger partial charge in [-0.25, -0.2) is 0 Å². The Morgan fingerprint density at radius 3 is 2.18 bits per heavy atom. The minimum absolute atomic E-state index is 0.457. The summed E-state index contributed by atoms with van der Waals surface area (Å²) in [6.07, 6.45) is 0. The molecule has 0 aliphatic carbocycles. The Morgan fingerprint density at radius 1 is 1.00 bits per heavy atom. The smallest absolute Gasteiger partial charge is 0.296 e. The number of fused-ring (bicyclic) bond motifs is 1. The Hall–Kier alpha value is -1.29. The molecule has 0 N–H and O–H groups in total. The topological polar surface area (TPSA) is 63.2 Å². The summed E-state index contributed by atoms with van der Waals surface area (Å²) in [5.74, 6) is 0. The van der Waals surface area contributed by atoms with Crippen LogP contribution in [-0.2, 0) is 10.2 Å². The first kappa shape index (κ1) is 12.2. The molecule has 0 aromatic heterocycles. The zero-order chi connectivity index (χ0) is 12.7. The summed E-state index contributed by atoms with van der Waals surface area (Å²) >= 11 is 0. The van der Waals surface area contributed by atoms with Crippen LogP contribution < -0.4 is 9.79 Å². The first-order chi connectivity index (χ1) is 7.82. The first-order valence-electron chi connectivity index (χ1n) is 4.71. The zero-order valence-corrected chi connectivity index (χ0v) is 9.36. The normalized spacial score (nSPS) is 12.9. The Bertz CT molecular complexity index is 606. The van der Waals surface area contributed by atoms with E-state index >= 15 is 0 Å². The van der Waals surface area contributed by atoms with Crippen LogP contribution in [0.25, 0.3) is 10.8 Å². The molecule has 0 unspecified atom stereocenters. The molecule has 0 heterocycles. The molecular weight excluding hydrogens is 249 g/mol. The van der Waals surface area contributed by atoms with Gasteiger partial charge < -0.3 is 14.4 Å². The van der Waals surface area contributed by atoms with Gasteiger partial charge in [0.1, 0.15) is 0 Å². The highest BCUT2D eigenvalue weighted by molar-refractivity contribution is 7.49. The summed E-state index contributed by atoms with van der Waals surface area (Å²) in [5.41, 5.74) is -5.18. The standard InChI is InChI=1S/C11H9F2O3P/c12-11(13,17(14,15)16)10-6-5-8-3-1-2-4-9(8)7-10/h1-7H,(H2,14,15,16)/p-2. The molecule has 0 fully saturated rings. The van der Waals surface area contributed by atoms with E-state index in [1.165, 1.54) is 6.07 Å². The Kier molecular flexibility index (Phi) is 2.78. The number of rotatable bonds is 2. The molecule has 2 aromatic carbocycles. The van der Waals surface area contributed by atoms with Crippen molar-refractivity contribution in [3.63, 3.8) is 0 Å². The summed E-state index contributed by atoms with van der Waals surface area (Å²) in [6, 6.07) is 9.95. The third-order valence-corrected chi connectivity index (χ3v) is 3.39. The predicted octanol–water partition coefficient (Wildman–Crippen LogP) is 1.80. The lowest BCUT2D eigenvalue weighted by molar-refractivity contribution is -0.335. The van der Waals surface area contributed by atoms with Crippen molar-refractivity contribution in [3.05, 3.63) is 48.0 Å². The van der Waals surface area contributed by atoms with Gasteiger partial charge in [-0.05, 0) is 16.8 Å². The van der Waals surface area contributed by atoms with E-state index in [4.69, 9.17) is 0 Å². The highest BCUT2D eigenvalue weighted by atomic mass is 31.2. The molecule has 2 aromatic rings. The summed E-state index contributed by atoms with van der Waals surface area (Å²) in [6.45, 7) is 0. The molecule has 2 rings (SSSR count). The average molecular weight is 256 g/mol. The van der Waals surface area contributed by atoms with E-state index in [1.54, 1.807) is 24.3 Å². The molecule has 6 heteroatoms. The van der Waals surface area contributed by atoms with Crippen LogP contribution >= 0.6 is 7.60 Å². The fourth-order valence-corrected chi connectivity index (χ4v) is 1.99. The largest absolute Gasteiger partial charge is 0.806 e. The monoisotopic (exact) mass is 256 g/mol. The van der Waals surface area contributed by atoms with Gasteiger partial charge in [0, 0.05) is 13.2 Å². The lowest BCUT2D eigenvalue weighted by atomic mass is 10.1. The fraction of sp³-hybridized carbons (Fsp3) is 0.0909. The molecule has 0 saturated carbocycles. The van der Waals surface area contributed by atoms with Crippen LogP contribution in [0.4, 0.5) is 8.78 Å². The van der Waals surface area contributed by atoms with Crippen molar-refractivity contribution in [1.29, 1.82) is 0 Å². The van der Waals surface area contributed by atoms with Crippen molar-refractivity contribution in [2.24, 2.45) is 0 Å². The van der Waals surface area contributed by atoms with Crippen molar-refractivity contribution in [2.45, 2.75) is 5.66 Å². The van der Waals surface area contributed by atoms with Crippen LogP contribution in [0.15, 0.2) is 42.5 Å². The Balaban J connectivity index is 2.61. The van der Waals surface area contributed by atoms with Gasteiger partial charge in [0.05, 0.1) is 0 Å². The quantitative estimate of drug-likeness (QED) is 0.769. The van der Waals surface area contributed by atoms with Crippen molar-refractivity contribution in [3.8, 4) is 0 Å².